The van der Waals surface area contributed by atoms with E-state index in [2.05, 4.69) is 6.58 Å². The molecule has 2 rings (SSSR count). The van der Waals surface area contributed by atoms with E-state index in [-0.39, 0.29) is 12.3 Å². The minimum Gasteiger partial charge on any atom is -0.481 e. The first-order chi connectivity index (χ1) is 11.2. The van der Waals surface area contributed by atoms with Crippen LogP contribution in [0.5, 0.6) is 0 Å². The summed E-state index contributed by atoms with van der Waals surface area (Å²) in [7, 11) is 0. The molecule has 1 aliphatic rings. The number of halogens is 3. The SMILES string of the molecule is C=CC(CC(=O)N1C[C@@H](C(F)(F)F)[C@H](C(=O)O)C1)c1ccccc1. The number of benzene rings is 1. The number of hydrogen-bond acceptors (Lipinski definition) is 2. The molecule has 3 atom stereocenters. The molecule has 0 radical (unpaired) electrons. The van der Waals surface area contributed by atoms with Gasteiger partial charge < -0.3 is 10.0 Å². The summed E-state index contributed by atoms with van der Waals surface area (Å²) in [5.41, 5.74) is 0.835. The Morgan fingerprint density at radius 1 is 1.29 bits per heavy atom. The molecule has 4 nitrogen and oxygen atoms in total. The number of alkyl halides is 3. The Bertz CT molecular complexity index is 615. The number of carboxylic acid groups (broad SMARTS) is 1. The van der Waals surface area contributed by atoms with Gasteiger partial charge in [0.25, 0.3) is 0 Å². The zero-order valence-electron chi connectivity index (χ0n) is 12.9. The standard InChI is InChI=1S/C17H18F3NO3/c1-2-11(12-6-4-3-5-7-12)8-15(22)21-9-13(16(23)24)14(10-21)17(18,19)20/h2-7,11,13-14H,1,8-10H2,(H,23,24)/t11?,13-,14-/m1/s1. The highest BCUT2D eigenvalue weighted by Crippen LogP contribution is 2.38. The summed E-state index contributed by atoms with van der Waals surface area (Å²) < 4.78 is 39.0. The van der Waals surface area contributed by atoms with Crippen molar-refractivity contribution < 1.29 is 27.9 Å². The normalized spacial score (nSPS) is 22.2. The third kappa shape index (κ3) is 3.96. The summed E-state index contributed by atoms with van der Waals surface area (Å²) in [5, 5.41) is 9.00. The van der Waals surface area contributed by atoms with E-state index in [0.717, 1.165) is 10.5 Å². The van der Waals surface area contributed by atoms with Gasteiger partial charge in [0.2, 0.25) is 5.91 Å². The second-order valence-corrected chi connectivity index (χ2v) is 5.85. The highest BCUT2D eigenvalue weighted by atomic mass is 19.4. The van der Waals surface area contributed by atoms with Crippen molar-refractivity contribution in [2.45, 2.75) is 18.5 Å². The molecule has 0 aliphatic carbocycles. The number of carbonyl (C=O) groups is 2. The van der Waals surface area contributed by atoms with Crippen LogP contribution in [-0.2, 0) is 9.59 Å². The summed E-state index contributed by atoms with van der Waals surface area (Å²) in [5.74, 6) is -6.00. The first kappa shape index (κ1) is 18.0. The van der Waals surface area contributed by atoms with Gasteiger partial charge in [0, 0.05) is 25.4 Å². The summed E-state index contributed by atoms with van der Waals surface area (Å²) >= 11 is 0. The van der Waals surface area contributed by atoms with Gasteiger partial charge in [-0.25, -0.2) is 0 Å². The number of hydrogen-bond donors (Lipinski definition) is 1. The number of nitrogens with zero attached hydrogens (tertiary/aromatic N) is 1. The molecule has 0 spiro atoms. The molecule has 0 aromatic heterocycles. The van der Waals surface area contributed by atoms with E-state index in [9.17, 15) is 22.8 Å². The Labute approximate surface area is 137 Å². The van der Waals surface area contributed by atoms with E-state index in [4.69, 9.17) is 5.11 Å². The molecule has 1 amide bonds. The van der Waals surface area contributed by atoms with Gasteiger partial charge in [-0.05, 0) is 5.56 Å². The molecule has 130 valence electrons. The second-order valence-electron chi connectivity index (χ2n) is 5.85. The molecule has 1 aliphatic heterocycles. The Morgan fingerprint density at radius 3 is 2.38 bits per heavy atom. The van der Waals surface area contributed by atoms with E-state index < -0.39 is 43.0 Å². The van der Waals surface area contributed by atoms with Gasteiger partial charge in [0.15, 0.2) is 0 Å². The maximum atomic E-state index is 13.0. The second kappa shape index (κ2) is 7.07. The van der Waals surface area contributed by atoms with Gasteiger partial charge in [-0.3, -0.25) is 9.59 Å². The molecular formula is C17H18F3NO3. The average Bonchev–Trinajstić information content (AvgIpc) is 2.99. The zero-order valence-corrected chi connectivity index (χ0v) is 12.9. The Morgan fingerprint density at radius 2 is 1.92 bits per heavy atom. The van der Waals surface area contributed by atoms with Gasteiger partial charge in [-0.1, -0.05) is 36.4 Å². The van der Waals surface area contributed by atoms with Crippen molar-refractivity contribution in [3.63, 3.8) is 0 Å². The predicted molar refractivity (Wildman–Crippen MR) is 81.2 cm³/mol. The fraction of sp³-hybridized carbons (Fsp3) is 0.412. The summed E-state index contributed by atoms with van der Waals surface area (Å²) in [6.45, 7) is 2.64. The van der Waals surface area contributed by atoms with Gasteiger partial charge in [0.05, 0.1) is 11.8 Å². The van der Waals surface area contributed by atoms with E-state index in [1.165, 1.54) is 0 Å². The number of allylic oxidation sites excluding steroid dienone is 1. The number of amides is 1. The highest BCUT2D eigenvalue weighted by Gasteiger charge is 2.53. The zero-order chi connectivity index (χ0) is 17.9. The van der Waals surface area contributed by atoms with Crippen LogP contribution in [-0.4, -0.2) is 41.1 Å². The molecule has 0 bridgehead atoms. The monoisotopic (exact) mass is 341 g/mol. The van der Waals surface area contributed by atoms with Crippen molar-refractivity contribution in [3.8, 4) is 0 Å². The van der Waals surface area contributed by atoms with Crippen LogP contribution in [0.15, 0.2) is 43.0 Å². The molecule has 24 heavy (non-hydrogen) atoms. The molecule has 1 aromatic rings. The van der Waals surface area contributed by atoms with Crippen molar-refractivity contribution in [2.24, 2.45) is 11.8 Å². The van der Waals surface area contributed by atoms with Crippen LogP contribution in [0.2, 0.25) is 0 Å². The quantitative estimate of drug-likeness (QED) is 0.838. The number of rotatable bonds is 5. The summed E-state index contributed by atoms with van der Waals surface area (Å²) in [4.78, 5) is 24.4. The topological polar surface area (TPSA) is 57.6 Å². The van der Waals surface area contributed by atoms with Crippen molar-refractivity contribution >= 4 is 11.9 Å². The maximum Gasteiger partial charge on any atom is 0.394 e. The predicted octanol–water partition coefficient (Wildman–Crippen LogP) is 3.07. The van der Waals surface area contributed by atoms with Gasteiger partial charge in [-0.2, -0.15) is 13.2 Å². The van der Waals surface area contributed by atoms with Crippen LogP contribution in [0.3, 0.4) is 0 Å². The van der Waals surface area contributed by atoms with E-state index in [0.29, 0.717) is 0 Å². The third-order valence-electron chi connectivity index (χ3n) is 4.32. The summed E-state index contributed by atoms with van der Waals surface area (Å²) in [6.07, 6.45) is -3.11. The molecule has 1 saturated heterocycles. The first-order valence-electron chi connectivity index (χ1n) is 7.48. The van der Waals surface area contributed by atoms with Crippen molar-refractivity contribution in [1.29, 1.82) is 0 Å². The lowest BCUT2D eigenvalue weighted by molar-refractivity contribution is -0.188. The fourth-order valence-corrected chi connectivity index (χ4v) is 2.94. The third-order valence-corrected chi connectivity index (χ3v) is 4.32. The molecule has 7 heteroatoms. The average molecular weight is 341 g/mol. The molecule has 1 aromatic carbocycles. The molecule has 1 fully saturated rings. The lowest BCUT2D eigenvalue weighted by Crippen LogP contribution is -2.34. The van der Waals surface area contributed by atoms with E-state index in [1.807, 2.05) is 18.2 Å². The molecule has 0 saturated carbocycles. The molecule has 1 unspecified atom stereocenters. The lowest BCUT2D eigenvalue weighted by Gasteiger charge is -2.20. The fourth-order valence-electron chi connectivity index (χ4n) is 2.94. The van der Waals surface area contributed by atoms with Gasteiger partial charge >= 0.3 is 12.1 Å². The number of likely N-dealkylation sites (tertiary alicyclic amines) is 1. The molecule has 1 heterocycles. The Hall–Kier alpha value is -2.31. The number of aliphatic carboxylic acids is 1. The minimum absolute atomic E-state index is 0.0373. The Balaban J connectivity index is 2.10. The van der Waals surface area contributed by atoms with Crippen LogP contribution >= 0.6 is 0 Å². The van der Waals surface area contributed by atoms with Crippen LogP contribution in [0.4, 0.5) is 13.2 Å². The minimum atomic E-state index is -4.64. The van der Waals surface area contributed by atoms with Crippen LogP contribution in [0.1, 0.15) is 17.9 Å². The van der Waals surface area contributed by atoms with Gasteiger partial charge in [-0.15, -0.1) is 6.58 Å². The lowest BCUT2D eigenvalue weighted by atomic mass is 9.95. The first-order valence-corrected chi connectivity index (χ1v) is 7.48. The van der Waals surface area contributed by atoms with Crippen LogP contribution < -0.4 is 0 Å². The van der Waals surface area contributed by atoms with Crippen LogP contribution in [0, 0.1) is 11.8 Å². The number of carboxylic acids is 1. The Kier molecular flexibility index (Phi) is 5.31. The molecule has 1 N–H and O–H groups in total. The smallest absolute Gasteiger partial charge is 0.394 e. The van der Waals surface area contributed by atoms with E-state index in [1.54, 1.807) is 18.2 Å². The largest absolute Gasteiger partial charge is 0.481 e. The maximum absolute atomic E-state index is 13.0. The van der Waals surface area contributed by atoms with Crippen molar-refractivity contribution in [2.75, 3.05) is 13.1 Å². The van der Waals surface area contributed by atoms with Crippen LogP contribution in [0.25, 0.3) is 0 Å². The van der Waals surface area contributed by atoms with E-state index >= 15 is 0 Å². The van der Waals surface area contributed by atoms with Crippen molar-refractivity contribution in [1.82, 2.24) is 4.90 Å². The highest BCUT2D eigenvalue weighted by molar-refractivity contribution is 5.80. The molecular weight excluding hydrogens is 323 g/mol. The summed E-state index contributed by atoms with van der Waals surface area (Å²) in [6, 6.07) is 9.03. The van der Waals surface area contributed by atoms with Gasteiger partial charge in [0.1, 0.15) is 0 Å². The number of carbonyl (C=O) groups excluding carboxylic acids is 1. The van der Waals surface area contributed by atoms with Crippen molar-refractivity contribution in [3.05, 3.63) is 48.6 Å².